The lowest BCUT2D eigenvalue weighted by atomic mass is 10.2. The van der Waals surface area contributed by atoms with Crippen molar-refractivity contribution in [3.8, 4) is 0 Å². The van der Waals surface area contributed by atoms with Gasteiger partial charge in [-0.25, -0.2) is 13.4 Å². The van der Waals surface area contributed by atoms with Gasteiger partial charge in [0.1, 0.15) is 10.7 Å². The molecular formula is C11H18ClN3O2S. The Morgan fingerprint density at radius 3 is 2.67 bits per heavy atom. The number of pyridine rings is 1. The average Bonchev–Trinajstić information content (AvgIpc) is 2.31. The van der Waals surface area contributed by atoms with Crippen LogP contribution in [0.1, 0.15) is 26.7 Å². The summed E-state index contributed by atoms with van der Waals surface area (Å²) < 4.78 is 25.9. The van der Waals surface area contributed by atoms with Crippen LogP contribution in [-0.4, -0.2) is 30.8 Å². The van der Waals surface area contributed by atoms with Crippen LogP contribution in [0.15, 0.2) is 17.2 Å². The Labute approximate surface area is 113 Å². The van der Waals surface area contributed by atoms with Crippen LogP contribution in [0.5, 0.6) is 0 Å². The van der Waals surface area contributed by atoms with Crippen LogP contribution in [0.2, 0.25) is 5.02 Å². The van der Waals surface area contributed by atoms with Crippen molar-refractivity contribution in [3.63, 3.8) is 0 Å². The molecule has 0 bridgehead atoms. The van der Waals surface area contributed by atoms with Crippen molar-refractivity contribution < 1.29 is 8.42 Å². The first-order valence-electron chi connectivity index (χ1n) is 5.69. The van der Waals surface area contributed by atoms with Crippen molar-refractivity contribution in [1.82, 2.24) is 9.29 Å². The van der Waals surface area contributed by atoms with Gasteiger partial charge in [-0.2, -0.15) is 4.31 Å². The number of nitrogens with zero attached hydrogens (tertiary/aromatic N) is 2. The highest BCUT2D eigenvalue weighted by Crippen LogP contribution is 2.23. The van der Waals surface area contributed by atoms with Gasteiger partial charge in [0, 0.05) is 19.3 Å². The molecule has 0 saturated heterocycles. The molecule has 1 aromatic heterocycles. The van der Waals surface area contributed by atoms with Gasteiger partial charge < -0.3 is 5.73 Å². The molecule has 102 valence electrons. The minimum absolute atomic E-state index is 0.0622. The number of nitrogen functional groups attached to an aromatic ring is 1. The van der Waals surface area contributed by atoms with Gasteiger partial charge >= 0.3 is 0 Å². The third kappa shape index (κ3) is 3.13. The molecule has 0 saturated carbocycles. The Morgan fingerprint density at radius 2 is 2.17 bits per heavy atom. The van der Waals surface area contributed by atoms with E-state index in [0.717, 1.165) is 12.8 Å². The van der Waals surface area contributed by atoms with E-state index in [1.165, 1.54) is 16.6 Å². The number of halogens is 1. The summed E-state index contributed by atoms with van der Waals surface area (Å²) in [7, 11) is -2.01. The quantitative estimate of drug-likeness (QED) is 0.901. The van der Waals surface area contributed by atoms with Crippen molar-refractivity contribution in [2.75, 3.05) is 12.8 Å². The molecule has 1 heterocycles. The second-order valence-corrected chi connectivity index (χ2v) is 6.60. The fourth-order valence-corrected chi connectivity index (χ4v) is 3.17. The molecule has 5 nitrogen and oxygen atoms in total. The number of hydrogen-bond acceptors (Lipinski definition) is 4. The lowest BCUT2D eigenvalue weighted by molar-refractivity contribution is 0.368. The molecule has 0 aromatic carbocycles. The van der Waals surface area contributed by atoms with E-state index in [9.17, 15) is 8.42 Å². The predicted octanol–water partition coefficient (Wildman–Crippen LogP) is 2.13. The van der Waals surface area contributed by atoms with Gasteiger partial charge in [-0.05, 0) is 19.4 Å². The second kappa shape index (κ2) is 5.86. The van der Waals surface area contributed by atoms with Crippen LogP contribution >= 0.6 is 11.6 Å². The molecule has 1 atom stereocenters. The van der Waals surface area contributed by atoms with Crippen LogP contribution in [0.4, 0.5) is 5.82 Å². The Morgan fingerprint density at radius 1 is 1.56 bits per heavy atom. The van der Waals surface area contributed by atoms with Crippen LogP contribution in [0.25, 0.3) is 0 Å². The van der Waals surface area contributed by atoms with Crippen LogP contribution in [-0.2, 0) is 10.0 Å². The molecule has 7 heteroatoms. The first-order chi connectivity index (χ1) is 8.30. The summed E-state index contributed by atoms with van der Waals surface area (Å²) in [4.78, 5) is 3.83. The van der Waals surface area contributed by atoms with E-state index in [0.29, 0.717) is 0 Å². The fraction of sp³-hybridized carbons (Fsp3) is 0.545. The molecule has 2 N–H and O–H groups in total. The van der Waals surface area contributed by atoms with E-state index < -0.39 is 10.0 Å². The Balaban J connectivity index is 3.09. The molecule has 0 radical (unpaired) electrons. The molecule has 1 aromatic rings. The van der Waals surface area contributed by atoms with Crippen molar-refractivity contribution in [3.05, 3.63) is 17.3 Å². The zero-order valence-electron chi connectivity index (χ0n) is 10.7. The van der Waals surface area contributed by atoms with Gasteiger partial charge in [0.2, 0.25) is 10.0 Å². The minimum atomic E-state index is -3.57. The molecule has 18 heavy (non-hydrogen) atoms. The highest BCUT2D eigenvalue weighted by Gasteiger charge is 2.25. The van der Waals surface area contributed by atoms with Crippen LogP contribution in [0.3, 0.4) is 0 Å². The number of rotatable bonds is 5. The standard InChI is InChI=1S/C11H18ClN3O2S/c1-4-5-8(2)15(3)18(16,17)9-6-10(12)11(13)14-7-9/h6-8H,4-5H2,1-3H3,(H2,13,14). The number of hydrogen-bond donors (Lipinski definition) is 1. The normalized spacial score (nSPS) is 13.8. The van der Waals surface area contributed by atoms with E-state index in [2.05, 4.69) is 4.98 Å². The van der Waals surface area contributed by atoms with Gasteiger partial charge in [-0.3, -0.25) is 0 Å². The minimum Gasteiger partial charge on any atom is -0.382 e. The largest absolute Gasteiger partial charge is 0.382 e. The third-order valence-corrected chi connectivity index (χ3v) is 5.09. The first kappa shape index (κ1) is 15.2. The van der Waals surface area contributed by atoms with Crippen molar-refractivity contribution in [1.29, 1.82) is 0 Å². The summed E-state index contributed by atoms with van der Waals surface area (Å²) in [6.07, 6.45) is 2.94. The predicted molar refractivity (Wildman–Crippen MR) is 73.0 cm³/mol. The molecule has 0 aliphatic rings. The molecule has 0 spiro atoms. The fourth-order valence-electron chi connectivity index (χ4n) is 1.57. The number of anilines is 1. The maximum atomic E-state index is 12.3. The van der Waals surface area contributed by atoms with E-state index in [1.807, 2.05) is 13.8 Å². The smallest absolute Gasteiger partial charge is 0.244 e. The Hall–Kier alpha value is -0.850. The highest BCUT2D eigenvalue weighted by molar-refractivity contribution is 7.89. The topological polar surface area (TPSA) is 76.3 Å². The number of aromatic nitrogens is 1. The summed E-state index contributed by atoms with van der Waals surface area (Å²) in [5.41, 5.74) is 5.46. The zero-order valence-corrected chi connectivity index (χ0v) is 12.3. The Bertz CT molecular complexity index is 519. The maximum absolute atomic E-state index is 12.3. The molecule has 0 aliphatic heterocycles. The second-order valence-electron chi connectivity index (χ2n) is 4.20. The number of nitrogens with two attached hydrogens (primary N) is 1. The van der Waals surface area contributed by atoms with Crippen LogP contribution in [0, 0.1) is 0 Å². The van der Waals surface area contributed by atoms with E-state index >= 15 is 0 Å². The summed E-state index contributed by atoms with van der Waals surface area (Å²) in [5, 5.41) is 0.146. The summed E-state index contributed by atoms with van der Waals surface area (Å²) in [5.74, 6) is 0.125. The van der Waals surface area contributed by atoms with Gasteiger partial charge in [0.25, 0.3) is 0 Å². The lowest BCUT2D eigenvalue weighted by Gasteiger charge is -2.23. The molecule has 0 fully saturated rings. The van der Waals surface area contributed by atoms with Gasteiger partial charge in [-0.15, -0.1) is 0 Å². The average molecular weight is 292 g/mol. The number of sulfonamides is 1. The van der Waals surface area contributed by atoms with Crippen molar-refractivity contribution in [2.24, 2.45) is 0 Å². The molecule has 1 rings (SSSR count). The monoisotopic (exact) mass is 291 g/mol. The van der Waals surface area contributed by atoms with Gasteiger partial charge in [0.05, 0.1) is 5.02 Å². The van der Waals surface area contributed by atoms with Crippen LogP contribution < -0.4 is 5.73 Å². The van der Waals surface area contributed by atoms with E-state index in [1.54, 1.807) is 7.05 Å². The van der Waals surface area contributed by atoms with E-state index in [-0.39, 0.29) is 21.8 Å². The lowest BCUT2D eigenvalue weighted by Crippen LogP contribution is -2.35. The molecular weight excluding hydrogens is 274 g/mol. The van der Waals surface area contributed by atoms with E-state index in [4.69, 9.17) is 17.3 Å². The SMILES string of the molecule is CCCC(C)N(C)S(=O)(=O)c1cnc(N)c(Cl)c1. The zero-order chi connectivity index (χ0) is 13.9. The Kier molecular flexibility index (Phi) is 4.95. The summed E-state index contributed by atoms with van der Waals surface area (Å²) in [6.45, 7) is 3.88. The van der Waals surface area contributed by atoms with Crippen molar-refractivity contribution >= 4 is 27.4 Å². The summed E-state index contributed by atoms with van der Waals surface area (Å²) >= 11 is 5.79. The molecule has 0 aliphatic carbocycles. The third-order valence-electron chi connectivity index (χ3n) is 2.85. The van der Waals surface area contributed by atoms with Crippen molar-refractivity contribution in [2.45, 2.75) is 37.6 Å². The first-order valence-corrected chi connectivity index (χ1v) is 7.51. The highest BCUT2D eigenvalue weighted by atomic mass is 35.5. The molecule has 0 amide bonds. The van der Waals surface area contributed by atoms with Gasteiger partial charge in [0.15, 0.2) is 0 Å². The summed E-state index contributed by atoms with van der Waals surface area (Å²) in [6, 6.07) is 1.25. The van der Waals surface area contributed by atoms with Gasteiger partial charge in [-0.1, -0.05) is 24.9 Å². The molecule has 1 unspecified atom stereocenters. The maximum Gasteiger partial charge on any atom is 0.244 e.